The molecular weight excluding hydrogens is 246 g/mol. The zero-order valence-corrected chi connectivity index (χ0v) is 13.4. The van der Waals surface area contributed by atoms with Gasteiger partial charge in [0, 0.05) is 12.6 Å². The molecule has 1 saturated carbocycles. The van der Waals surface area contributed by atoms with Crippen LogP contribution in [0.4, 0.5) is 0 Å². The van der Waals surface area contributed by atoms with Crippen molar-refractivity contribution >= 4 is 0 Å². The SMILES string of the molecule is Cc1cc(C)cc(C(C)NCC2(O)CCC(C)CC2)c1. The molecule has 20 heavy (non-hydrogen) atoms. The summed E-state index contributed by atoms with van der Waals surface area (Å²) in [4.78, 5) is 0. The number of benzene rings is 1. The number of rotatable bonds is 4. The van der Waals surface area contributed by atoms with Gasteiger partial charge in [-0.1, -0.05) is 36.2 Å². The molecule has 0 amide bonds. The van der Waals surface area contributed by atoms with Gasteiger partial charge in [-0.25, -0.2) is 0 Å². The van der Waals surface area contributed by atoms with E-state index in [1.54, 1.807) is 0 Å². The molecule has 1 aliphatic carbocycles. The molecule has 0 saturated heterocycles. The highest BCUT2D eigenvalue weighted by Gasteiger charge is 2.31. The summed E-state index contributed by atoms with van der Waals surface area (Å²) in [5.74, 6) is 0.770. The molecule has 112 valence electrons. The predicted octanol–water partition coefficient (Wildman–Crippen LogP) is 3.90. The van der Waals surface area contributed by atoms with Crippen LogP contribution in [0.5, 0.6) is 0 Å². The van der Waals surface area contributed by atoms with Crippen molar-refractivity contribution in [2.24, 2.45) is 5.92 Å². The average Bonchev–Trinajstić information content (AvgIpc) is 2.39. The summed E-state index contributed by atoms with van der Waals surface area (Å²) in [5, 5.41) is 14.2. The van der Waals surface area contributed by atoms with E-state index in [1.807, 2.05) is 0 Å². The highest BCUT2D eigenvalue weighted by molar-refractivity contribution is 5.30. The second kappa shape index (κ2) is 6.28. The average molecular weight is 275 g/mol. The van der Waals surface area contributed by atoms with Crippen LogP contribution < -0.4 is 5.32 Å². The molecule has 0 aliphatic heterocycles. The summed E-state index contributed by atoms with van der Waals surface area (Å²) >= 11 is 0. The first kappa shape index (κ1) is 15.5. The Bertz CT molecular complexity index is 426. The largest absolute Gasteiger partial charge is 0.389 e. The summed E-state index contributed by atoms with van der Waals surface area (Å²) < 4.78 is 0. The lowest BCUT2D eigenvalue weighted by Crippen LogP contribution is -2.44. The van der Waals surface area contributed by atoms with E-state index in [1.165, 1.54) is 16.7 Å². The van der Waals surface area contributed by atoms with Gasteiger partial charge in [-0.3, -0.25) is 0 Å². The Morgan fingerprint density at radius 2 is 1.75 bits per heavy atom. The topological polar surface area (TPSA) is 32.3 Å². The van der Waals surface area contributed by atoms with Crippen molar-refractivity contribution in [2.45, 2.75) is 65.0 Å². The van der Waals surface area contributed by atoms with Crippen molar-refractivity contribution in [1.29, 1.82) is 0 Å². The van der Waals surface area contributed by atoms with Gasteiger partial charge in [0.1, 0.15) is 0 Å². The van der Waals surface area contributed by atoms with Crippen LogP contribution in [0.25, 0.3) is 0 Å². The highest BCUT2D eigenvalue weighted by Crippen LogP contribution is 2.31. The Labute approximate surface area is 123 Å². The first-order chi connectivity index (χ1) is 9.38. The van der Waals surface area contributed by atoms with Gasteiger partial charge in [0.25, 0.3) is 0 Å². The van der Waals surface area contributed by atoms with Gasteiger partial charge in [0.2, 0.25) is 0 Å². The zero-order valence-electron chi connectivity index (χ0n) is 13.4. The van der Waals surface area contributed by atoms with Gasteiger partial charge in [-0.2, -0.15) is 0 Å². The quantitative estimate of drug-likeness (QED) is 0.873. The van der Waals surface area contributed by atoms with E-state index in [-0.39, 0.29) is 6.04 Å². The number of hydrogen-bond donors (Lipinski definition) is 2. The molecular formula is C18H29NO. The molecule has 1 aromatic carbocycles. The van der Waals surface area contributed by atoms with Crippen LogP contribution in [0.1, 0.15) is 62.3 Å². The Hall–Kier alpha value is -0.860. The molecule has 1 aromatic rings. The van der Waals surface area contributed by atoms with Crippen LogP contribution in [0.15, 0.2) is 18.2 Å². The molecule has 1 unspecified atom stereocenters. The third-order valence-electron chi connectivity index (χ3n) is 4.69. The molecule has 1 aliphatic rings. The van der Waals surface area contributed by atoms with Gasteiger partial charge in [0.05, 0.1) is 5.60 Å². The molecule has 2 nitrogen and oxygen atoms in total. The fraction of sp³-hybridized carbons (Fsp3) is 0.667. The van der Waals surface area contributed by atoms with Crippen molar-refractivity contribution in [1.82, 2.24) is 5.32 Å². The first-order valence-electron chi connectivity index (χ1n) is 7.92. The maximum Gasteiger partial charge on any atom is 0.0772 e. The summed E-state index contributed by atoms with van der Waals surface area (Å²) in [6, 6.07) is 6.96. The Kier molecular flexibility index (Phi) is 4.87. The monoisotopic (exact) mass is 275 g/mol. The summed E-state index contributed by atoms with van der Waals surface area (Å²) in [6.07, 6.45) is 4.16. The second-order valence-electron chi connectivity index (χ2n) is 6.93. The normalized spacial score (nSPS) is 28.4. The van der Waals surface area contributed by atoms with Crippen LogP contribution in [0, 0.1) is 19.8 Å². The lowest BCUT2D eigenvalue weighted by atomic mass is 9.79. The lowest BCUT2D eigenvalue weighted by Gasteiger charge is -2.36. The number of hydrogen-bond acceptors (Lipinski definition) is 2. The lowest BCUT2D eigenvalue weighted by molar-refractivity contribution is -0.00783. The molecule has 0 aromatic heterocycles. The van der Waals surface area contributed by atoms with E-state index in [2.05, 4.69) is 51.2 Å². The maximum absolute atomic E-state index is 10.6. The van der Waals surface area contributed by atoms with E-state index >= 15 is 0 Å². The molecule has 1 atom stereocenters. The molecule has 0 heterocycles. The van der Waals surface area contributed by atoms with E-state index in [0.717, 1.165) is 31.6 Å². The number of nitrogens with one attached hydrogen (secondary N) is 1. The van der Waals surface area contributed by atoms with Crippen LogP contribution in [-0.4, -0.2) is 17.3 Å². The standard InChI is InChI=1S/C18H29NO/c1-13-5-7-18(20,8-6-13)12-19-16(4)17-10-14(2)9-15(3)11-17/h9-11,13,16,19-20H,5-8,12H2,1-4H3. The van der Waals surface area contributed by atoms with Crippen LogP contribution >= 0.6 is 0 Å². The second-order valence-corrected chi connectivity index (χ2v) is 6.93. The van der Waals surface area contributed by atoms with Gasteiger partial charge in [0.15, 0.2) is 0 Å². The minimum Gasteiger partial charge on any atom is -0.389 e. The highest BCUT2D eigenvalue weighted by atomic mass is 16.3. The Morgan fingerprint density at radius 1 is 1.20 bits per heavy atom. The van der Waals surface area contributed by atoms with Crippen molar-refractivity contribution in [3.05, 3.63) is 34.9 Å². The van der Waals surface area contributed by atoms with E-state index in [0.29, 0.717) is 6.54 Å². The summed E-state index contributed by atoms with van der Waals surface area (Å²) in [7, 11) is 0. The fourth-order valence-electron chi connectivity index (χ4n) is 3.20. The predicted molar refractivity (Wildman–Crippen MR) is 84.9 cm³/mol. The Balaban J connectivity index is 1.93. The number of aliphatic hydroxyl groups is 1. The third kappa shape index (κ3) is 4.07. The minimum absolute atomic E-state index is 0.289. The molecule has 0 radical (unpaired) electrons. The molecule has 0 bridgehead atoms. The first-order valence-corrected chi connectivity index (χ1v) is 7.92. The smallest absolute Gasteiger partial charge is 0.0772 e. The van der Waals surface area contributed by atoms with Gasteiger partial charge >= 0.3 is 0 Å². The fourth-order valence-corrected chi connectivity index (χ4v) is 3.20. The minimum atomic E-state index is -0.500. The Morgan fingerprint density at radius 3 is 2.30 bits per heavy atom. The van der Waals surface area contributed by atoms with E-state index < -0.39 is 5.60 Å². The van der Waals surface area contributed by atoms with E-state index in [4.69, 9.17) is 0 Å². The third-order valence-corrected chi connectivity index (χ3v) is 4.69. The zero-order chi connectivity index (χ0) is 14.8. The van der Waals surface area contributed by atoms with Crippen molar-refractivity contribution in [3.8, 4) is 0 Å². The van der Waals surface area contributed by atoms with Crippen LogP contribution in [0.3, 0.4) is 0 Å². The van der Waals surface area contributed by atoms with Crippen molar-refractivity contribution in [3.63, 3.8) is 0 Å². The molecule has 2 rings (SSSR count). The molecule has 2 N–H and O–H groups in total. The summed E-state index contributed by atoms with van der Waals surface area (Å²) in [5.41, 5.74) is 3.42. The summed E-state index contributed by atoms with van der Waals surface area (Å²) in [6.45, 7) is 9.45. The van der Waals surface area contributed by atoms with Crippen molar-refractivity contribution in [2.75, 3.05) is 6.54 Å². The molecule has 2 heteroatoms. The van der Waals surface area contributed by atoms with E-state index in [9.17, 15) is 5.11 Å². The molecule has 0 spiro atoms. The van der Waals surface area contributed by atoms with Crippen LogP contribution in [0.2, 0.25) is 0 Å². The maximum atomic E-state index is 10.6. The van der Waals surface area contributed by atoms with Gasteiger partial charge in [-0.05, 0) is 57.9 Å². The van der Waals surface area contributed by atoms with Crippen LogP contribution in [-0.2, 0) is 0 Å². The molecule has 1 fully saturated rings. The van der Waals surface area contributed by atoms with Crippen molar-refractivity contribution < 1.29 is 5.11 Å². The van der Waals surface area contributed by atoms with Gasteiger partial charge in [-0.15, -0.1) is 0 Å². The number of aryl methyl sites for hydroxylation is 2. The van der Waals surface area contributed by atoms with Gasteiger partial charge < -0.3 is 10.4 Å².